The molecule has 0 radical (unpaired) electrons. The zero-order valence-corrected chi connectivity index (χ0v) is 19.9. The lowest BCUT2D eigenvalue weighted by atomic mass is 10.1. The van der Waals surface area contributed by atoms with E-state index in [2.05, 4.69) is 10.6 Å². The highest BCUT2D eigenvalue weighted by Crippen LogP contribution is 2.12. The van der Waals surface area contributed by atoms with Crippen molar-refractivity contribution in [1.82, 2.24) is 0 Å². The molecule has 0 heterocycles. The summed E-state index contributed by atoms with van der Waals surface area (Å²) in [4.78, 5) is 59.0. The number of hydrogen-bond acceptors (Lipinski definition) is 7. The third kappa shape index (κ3) is 10.2. The molecule has 9 nitrogen and oxygen atoms in total. The Morgan fingerprint density at radius 1 is 0.714 bits per heavy atom. The highest BCUT2D eigenvalue weighted by Gasteiger charge is 2.11. The van der Waals surface area contributed by atoms with E-state index in [1.54, 1.807) is 48.5 Å². The van der Waals surface area contributed by atoms with Gasteiger partial charge in [-0.15, -0.1) is 0 Å². The van der Waals surface area contributed by atoms with Crippen LogP contribution in [0.5, 0.6) is 0 Å². The second-order valence-electron chi connectivity index (χ2n) is 7.81. The summed E-state index contributed by atoms with van der Waals surface area (Å²) in [5.41, 5.74) is 1.93. The Hall–Kier alpha value is -4.01. The Labute approximate surface area is 204 Å². The zero-order chi connectivity index (χ0) is 25.6. The summed E-state index contributed by atoms with van der Waals surface area (Å²) >= 11 is 0. The van der Waals surface area contributed by atoms with Gasteiger partial charge in [-0.2, -0.15) is 0 Å². The highest BCUT2D eigenvalue weighted by atomic mass is 16.5. The minimum absolute atomic E-state index is 0.0151. The molecule has 2 N–H and O–H groups in total. The lowest BCUT2D eigenvalue weighted by molar-refractivity contribution is -0.147. The first-order valence-corrected chi connectivity index (χ1v) is 11.4. The maximum atomic E-state index is 12.0. The average Bonchev–Trinajstić information content (AvgIpc) is 2.83. The Morgan fingerprint density at radius 2 is 1.29 bits per heavy atom. The van der Waals surface area contributed by atoms with Crippen molar-refractivity contribution in [2.24, 2.45) is 0 Å². The molecule has 186 valence electrons. The van der Waals surface area contributed by atoms with Gasteiger partial charge in [-0.05, 0) is 68.3 Å². The van der Waals surface area contributed by atoms with Gasteiger partial charge in [0.15, 0.2) is 12.4 Å². The molecule has 0 aliphatic rings. The van der Waals surface area contributed by atoms with E-state index in [1.165, 1.54) is 6.92 Å². The van der Waals surface area contributed by atoms with Crippen LogP contribution in [0.4, 0.5) is 11.4 Å². The van der Waals surface area contributed by atoms with Gasteiger partial charge in [0, 0.05) is 29.8 Å². The topological polar surface area (TPSA) is 128 Å². The van der Waals surface area contributed by atoms with Gasteiger partial charge in [0.05, 0.1) is 12.2 Å². The monoisotopic (exact) mass is 482 g/mol. The fourth-order valence-corrected chi connectivity index (χ4v) is 2.90. The van der Waals surface area contributed by atoms with Crippen molar-refractivity contribution in [2.75, 3.05) is 23.8 Å². The molecule has 0 saturated carbocycles. The fraction of sp³-hybridized carbons (Fsp3) is 0.346. The van der Waals surface area contributed by atoms with Gasteiger partial charge in [-0.25, -0.2) is 4.79 Å². The first-order chi connectivity index (χ1) is 16.8. The van der Waals surface area contributed by atoms with Crippen molar-refractivity contribution < 1.29 is 33.4 Å². The molecule has 35 heavy (non-hydrogen) atoms. The van der Waals surface area contributed by atoms with Crippen LogP contribution in [0.25, 0.3) is 0 Å². The van der Waals surface area contributed by atoms with Crippen molar-refractivity contribution in [3.63, 3.8) is 0 Å². The number of amides is 2. The number of benzene rings is 2. The summed E-state index contributed by atoms with van der Waals surface area (Å²) < 4.78 is 10.1. The summed E-state index contributed by atoms with van der Waals surface area (Å²) in [5, 5.41) is 5.26. The van der Waals surface area contributed by atoms with Gasteiger partial charge < -0.3 is 20.1 Å². The van der Waals surface area contributed by atoms with Gasteiger partial charge in [-0.3, -0.25) is 19.2 Å². The predicted molar refractivity (Wildman–Crippen MR) is 130 cm³/mol. The highest BCUT2D eigenvalue weighted by molar-refractivity contribution is 5.96. The van der Waals surface area contributed by atoms with Crippen molar-refractivity contribution >= 4 is 40.9 Å². The number of nitrogens with one attached hydrogen (secondary N) is 2. The number of hydrogen-bond donors (Lipinski definition) is 2. The number of ketones is 1. The quantitative estimate of drug-likeness (QED) is 0.249. The van der Waals surface area contributed by atoms with Crippen LogP contribution in [-0.4, -0.2) is 42.7 Å². The molecule has 0 atom stereocenters. The summed E-state index contributed by atoms with van der Waals surface area (Å²) in [5.74, 6) is -1.88. The number of anilines is 2. The molecule has 0 aliphatic carbocycles. The first-order valence-electron chi connectivity index (χ1n) is 11.4. The number of unbranched alkanes of at least 4 members (excludes halogenated alkanes) is 1. The summed E-state index contributed by atoms with van der Waals surface area (Å²) in [6.45, 7) is 3.36. The summed E-state index contributed by atoms with van der Waals surface area (Å²) in [7, 11) is 0. The molecule has 0 bridgehead atoms. The molecule has 9 heteroatoms. The Bertz CT molecular complexity index is 1030. The number of Topliss-reactive ketones (excluding diaryl/α,β-unsaturated/α-hetero) is 1. The van der Waals surface area contributed by atoms with Crippen LogP contribution < -0.4 is 10.6 Å². The standard InChI is InChI=1S/C26H30N2O7/c1-3-4-16-34-26(33)20-10-14-22(15-11-20)28-24(31)17-35-25(32)7-5-6-23(30)27-21-12-8-19(9-13-21)18(2)29/h8-15H,3-7,16-17H2,1-2H3,(H,27,30)(H,28,31). The molecular formula is C26H30N2O7. The molecule has 0 aliphatic heterocycles. The zero-order valence-electron chi connectivity index (χ0n) is 19.9. The minimum Gasteiger partial charge on any atom is -0.462 e. The van der Waals surface area contributed by atoms with E-state index >= 15 is 0 Å². The lowest BCUT2D eigenvalue weighted by Gasteiger charge is -2.08. The van der Waals surface area contributed by atoms with Gasteiger partial charge in [-0.1, -0.05) is 13.3 Å². The first kappa shape index (κ1) is 27.2. The lowest BCUT2D eigenvalue weighted by Crippen LogP contribution is -2.21. The van der Waals surface area contributed by atoms with Gasteiger partial charge in [0.2, 0.25) is 5.91 Å². The van der Waals surface area contributed by atoms with Crippen molar-refractivity contribution in [3.05, 3.63) is 59.7 Å². The van der Waals surface area contributed by atoms with Crippen molar-refractivity contribution in [2.45, 2.75) is 46.0 Å². The number of ether oxygens (including phenoxy) is 2. The van der Waals surface area contributed by atoms with Crippen LogP contribution in [-0.2, 0) is 23.9 Å². The SMILES string of the molecule is CCCCOC(=O)c1ccc(NC(=O)COC(=O)CCCC(=O)Nc2ccc(C(C)=O)cc2)cc1. The Morgan fingerprint density at radius 3 is 1.86 bits per heavy atom. The van der Waals surface area contributed by atoms with Gasteiger partial charge in [0.1, 0.15) is 0 Å². The number of esters is 2. The van der Waals surface area contributed by atoms with Crippen LogP contribution in [0, 0.1) is 0 Å². The van der Waals surface area contributed by atoms with E-state index in [0.29, 0.717) is 29.1 Å². The molecule has 2 aromatic rings. The third-order valence-electron chi connectivity index (χ3n) is 4.86. The van der Waals surface area contributed by atoms with Crippen LogP contribution in [0.3, 0.4) is 0 Å². The Kier molecular flexibility index (Phi) is 11.1. The molecular weight excluding hydrogens is 452 g/mol. The Balaban J connectivity index is 1.64. The largest absolute Gasteiger partial charge is 0.462 e. The second kappa shape index (κ2) is 14.3. The van der Waals surface area contributed by atoms with E-state index in [-0.39, 0.29) is 31.0 Å². The number of rotatable bonds is 13. The maximum absolute atomic E-state index is 12.0. The van der Waals surface area contributed by atoms with Crippen molar-refractivity contribution in [3.8, 4) is 0 Å². The summed E-state index contributed by atoms with van der Waals surface area (Å²) in [6, 6.07) is 12.7. The smallest absolute Gasteiger partial charge is 0.338 e. The van der Waals surface area contributed by atoms with E-state index < -0.39 is 24.5 Å². The van der Waals surface area contributed by atoms with Crippen LogP contribution in [0.2, 0.25) is 0 Å². The van der Waals surface area contributed by atoms with Crippen molar-refractivity contribution in [1.29, 1.82) is 0 Å². The number of carbonyl (C=O) groups is 5. The second-order valence-corrected chi connectivity index (χ2v) is 7.81. The molecule has 2 aromatic carbocycles. The fourth-order valence-electron chi connectivity index (χ4n) is 2.90. The van der Waals surface area contributed by atoms with Gasteiger partial charge in [0.25, 0.3) is 5.91 Å². The van der Waals surface area contributed by atoms with Gasteiger partial charge >= 0.3 is 11.9 Å². The summed E-state index contributed by atoms with van der Waals surface area (Å²) in [6.07, 6.45) is 2.07. The molecule has 0 aromatic heterocycles. The maximum Gasteiger partial charge on any atom is 0.338 e. The van der Waals surface area contributed by atoms with E-state index in [4.69, 9.17) is 9.47 Å². The predicted octanol–water partition coefficient (Wildman–Crippen LogP) is 4.14. The normalized spacial score (nSPS) is 10.2. The molecule has 0 saturated heterocycles. The molecule has 0 fully saturated rings. The molecule has 2 rings (SSSR count). The third-order valence-corrected chi connectivity index (χ3v) is 4.86. The molecule has 0 unspecified atom stereocenters. The molecule has 0 spiro atoms. The average molecular weight is 483 g/mol. The van der Waals surface area contributed by atoms with E-state index in [9.17, 15) is 24.0 Å². The molecule has 2 amide bonds. The van der Waals surface area contributed by atoms with Crippen LogP contribution >= 0.6 is 0 Å². The number of carbonyl (C=O) groups excluding carboxylic acids is 5. The van der Waals surface area contributed by atoms with E-state index in [1.807, 2.05) is 6.92 Å². The van der Waals surface area contributed by atoms with Crippen LogP contribution in [0.15, 0.2) is 48.5 Å². The van der Waals surface area contributed by atoms with E-state index in [0.717, 1.165) is 12.8 Å². The van der Waals surface area contributed by atoms with Crippen LogP contribution in [0.1, 0.15) is 66.7 Å². The minimum atomic E-state index is -0.594.